The summed E-state index contributed by atoms with van der Waals surface area (Å²) >= 11 is 0. The minimum Gasteiger partial charge on any atom is -0.274 e. The number of fused-ring (bicyclic) bond motifs is 1. The van der Waals surface area contributed by atoms with E-state index in [1.54, 1.807) is 6.20 Å². The maximum atomic E-state index is 14.2. The van der Waals surface area contributed by atoms with Gasteiger partial charge in [0.05, 0.1) is 23.0 Å². The third-order valence-electron chi connectivity index (χ3n) is 8.52. The number of hydrogen-bond acceptors (Lipinski definition) is 3. The lowest BCUT2D eigenvalue weighted by Crippen LogP contribution is -2.41. The molecule has 2 amide bonds. The molecule has 1 aromatic heterocycles. The zero-order chi connectivity index (χ0) is 24.7. The van der Waals surface area contributed by atoms with Crippen LogP contribution >= 0.6 is 0 Å². The molecule has 1 aliphatic heterocycles. The smallest absolute Gasteiger partial charge is 0.238 e. The first-order valence-electron chi connectivity index (χ1n) is 12.7. The van der Waals surface area contributed by atoms with Crippen molar-refractivity contribution in [2.24, 2.45) is 11.8 Å². The third kappa shape index (κ3) is 2.65. The molecule has 2 atom stereocenters. The number of para-hydroxylation sites is 1. The molecule has 2 unspecified atom stereocenters. The monoisotopic (exact) mass is 478 g/mol. The van der Waals surface area contributed by atoms with Gasteiger partial charge in [-0.2, -0.15) is 0 Å². The van der Waals surface area contributed by atoms with E-state index in [1.807, 2.05) is 66.7 Å². The van der Waals surface area contributed by atoms with Gasteiger partial charge in [0.2, 0.25) is 11.8 Å². The number of nitrogens with zero attached hydrogens (tertiary/aromatic N) is 2. The van der Waals surface area contributed by atoms with Crippen molar-refractivity contribution in [3.63, 3.8) is 0 Å². The normalized spacial score (nSPS) is 23.2. The average molecular weight is 479 g/mol. The molecule has 9 rings (SSSR count). The van der Waals surface area contributed by atoms with Gasteiger partial charge in [0.15, 0.2) is 0 Å². The van der Waals surface area contributed by atoms with Gasteiger partial charge in [-0.15, -0.1) is 0 Å². The Morgan fingerprint density at radius 2 is 1.11 bits per heavy atom. The largest absolute Gasteiger partial charge is 0.274 e. The van der Waals surface area contributed by atoms with E-state index in [1.165, 1.54) is 27.2 Å². The molecule has 176 valence electrons. The lowest BCUT2D eigenvalue weighted by atomic mass is 9.55. The minimum atomic E-state index is -0.408. The Balaban J connectivity index is 1.32. The molecule has 4 aliphatic rings. The fourth-order valence-corrected chi connectivity index (χ4v) is 7.13. The second-order valence-corrected chi connectivity index (χ2v) is 10.2. The molecular weight excluding hydrogens is 456 g/mol. The number of anilines is 1. The predicted molar refractivity (Wildman–Crippen MR) is 143 cm³/mol. The molecule has 5 aromatic rings. The Hall–Kier alpha value is -4.57. The van der Waals surface area contributed by atoms with Crippen LogP contribution in [0.15, 0.2) is 109 Å². The molecule has 1 saturated heterocycles. The van der Waals surface area contributed by atoms with Gasteiger partial charge in [-0.1, -0.05) is 91.0 Å². The fraction of sp³-hybridized carbons (Fsp3) is 0.121. The van der Waals surface area contributed by atoms with Gasteiger partial charge >= 0.3 is 0 Å². The topological polar surface area (TPSA) is 50.3 Å². The van der Waals surface area contributed by atoms with E-state index in [-0.39, 0.29) is 23.7 Å². The highest BCUT2D eigenvalue weighted by molar-refractivity contribution is 6.26. The lowest BCUT2D eigenvalue weighted by molar-refractivity contribution is -0.122. The first kappa shape index (κ1) is 20.6. The number of amides is 2. The van der Waals surface area contributed by atoms with Crippen LogP contribution in [0.5, 0.6) is 0 Å². The van der Waals surface area contributed by atoms with E-state index in [9.17, 15) is 9.59 Å². The average Bonchev–Trinajstić information content (AvgIpc) is 3.23. The molecule has 0 radical (unpaired) electrons. The number of benzene rings is 4. The summed E-state index contributed by atoms with van der Waals surface area (Å²) in [6.45, 7) is 0. The van der Waals surface area contributed by atoms with E-state index in [4.69, 9.17) is 0 Å². The van der Waals surface area contributed by atoms with Gasteiger partial charge in [-0.25, -0.2) is 4.90 Å². The van der Waals surface area contributed by atoms with Crippen molar-refractivity contribution in [3.05, 3.63) is 132 Å². The van der Waals surface area contributed by atoms with Gasteiger partial charge in [0.1, 0.15) is 0 Å². The number of imide groups is 1. The van der Waals surface area contributed by atoms with Gasteiger partial charge in [0, 0.05) is 23.4 Å². The zero-order valence-electron chi connectivity index (χ0n) is 19.9. The van der Waals surface area contributed by atoms with Crippen molar-refractivity contribution >= 4 is 28.4 Å². The number of hydrogen-bond donors (Lipinski definition) is 0. The van der Waals surface area contributed by atoms with Crippen LogP contribution in [-0.2, 0) is 9.59 Å². The van der Waals surface area contributed by atoms with Crippen LogP contribution in [0.2, 0.25) is 0 Å². The van der Waals surface area contributed by atoms with Crippen molar-refractivity contribution in [1.82, 2.24) is 4.98 Å². The van der Waals surface area contributed by atoms with Gasteiger partial charge in [-0.05, 0) is 45.5 Å². The third-order valence-corrected chi connectivity index (χ3v) is 8.52. The number of rotatable bonds is 2. The Morgan fingerprint density at radius 1 is 0.568 bits per heavy atom. The maximum absolute atomic E-state index is 14.2. The molecular formula is C33H22N2O2. The number of aromatic nitrogens is 1. The van der Waals surface area contributed by atoms with E-state index >= 15 is 0 Å². The van der Waals surface area contributed by atoms with Crippen molar-refractivity contribution in [3.8, 4) is 11.1 Å². The summed E-state index contributed by atoms with van der Waals surface area (Å²) in [5.41, 5.74) is 8.07. The lowest BCUT2D eigenvalue weighted by Gasteiger charge is -2.45. The van der Waals surface area contributed by atoms with E-state index in [0.29, 0.717) is 11.2 Å². The second kappa shape index (κ2) is 7.47. The summed E-state index contributed by atoms with van der Waals surface area (Å²) in [6.07, 6.45) is 1.77. The van der Waals surface area contributed by atoms with Gasteiger partial charge < -0.3 is 0 Å². The molecule has 4 heteroatoms. The summed E-state index contributed by atoms with van der Waals surface area (Å²) in [7, 11) is 0. The number of carbonyl (C=O) groups excluding carboxylic acids is 2. The molecule has 3 aliphatic carbocycles. The summed E-state index contributed by atoms with van der Waals surface area (Å²) in [5.74, 6) is -1.29. The fourth-order valence-electron chi connectivity index (χ4n) is 7.13. The highest BCUT2D eigenvalue weighted by Crippen LogP contribution is 2.61. The zero-order valence-corrected chi connectivity index (χ0v) is 19.9. The van der Waals surface area contributed by atoms with Crippen LogP contribution in [0, 0.1) is 11.8 Å². The molecule has 4 aromatic carbocycles. The molecule has 0 saturated carbocycles. The molecule has 0 spiro atoms. The van der Waals surface area contributed by atoms with Crippen LogP contribution < -0.4 is 4.90 Å². The van der Waals surface area contributed by atoms with Crippen LogP contribution in [0.25, 0.3) is 22.0 Å². The SMILES string of the molecule is O=C1C2C3c4ccccc4C(c4ccccc43)C2C(=O)N1c1cccc2c(-c3ccccc3)ccnc12. The Labute approximate surface area is 214 Å². The van der Waals surface area contributed by atoms with E-state index in [0.717, 1.165) is 16.5 Å². The maximum Gasteiger partial charge on any atom is 0.238 e. The Bertz CT molecular complexity index is 1640. The van der Waals surface area contributed by atoms with Crippen molar-refractivity contribution < 1.29 is 9.59 Å². The summed E-state index contributed by atoms with van der Waals surface area (Å²) < 4.78 is 0. The highest BCUT2D eigenvalue weighted by atomic mass is 16.2. The summed E-state index contributed by atoms with van der Waals surface area (Å²) in [5, 5.41) is 0.927. The summed E-state index contributed by atoms with van der Waals surface area (Å²) in [6, 6.07) is 34.6. The van der Waals surface area contributed by atoms with Gasteiger partial charge in [-0.3, -0.25) is 14.6 Å². The van der Waals surface area contributed by atoms with Crippen molar-refractivity contribution in [1.29, 1.82) is 0 Å². The molecule has 2 bridgehead atoms. The van der Waals surface area contributed by atoms with Crippen LogP contribution in [0.1, 0.15) is 34.1 Å². The summed E-state index contributed by atoms with van der Waals surface area (Å²) in [4.78, 5) is 34.6. The minimum absolute atomic E-state index is 0.117. The molecule has 37 heavy (non-hydrogen) atoms. The quantitative estimate of drug-likeness (QED) is 0.280. The highest BCUT2D eigenvalue weighted by Gasteiger charge is 2.61. The molecule has 4 nitrogen and oxygen atoms in total. The first-order chi connectivity index (χ1) is 18.2. The van der Waals surface area contributed by atoms with Crippen molar-refractivity contribution in [2.45, 2.75) is 11.8 Å². The molecule has 1 fully saturated rings. The predicted octanol–water partition coefficient (Wildman–Crippen LogP) is 6.30. The van der Waals surface area contributed by atoms with Crippen LogP contribution in [0.4, 0.5) is 5.69 Å². The standard InChI is InChI=1S/C33H22N2O2/c36-32-29-27-21-11-4-5-12-22(21)28(24-14-7-6-13-23(24)27)30(29)33(37)35(32)26-16-8-15-25-20(17-18-34-31(25)26)19-9-2-1-3-10-19/h1-18,27-30H. The van der Waals surface area contributed by atoms with E-state index < -0.39 is 11.8 Å². The van der Waals surface area contributed by atoms with Crippen molar-refractivity contribution in [2.75, 3.05) is 4.90 Å². The number of pyridine rings is 1. The van der Waals surface area contributed by atoms with Gasteiger partial charge in [0.25, 0.3) is 0 Å². The number of carbonyl (C=O) groups is 2. The molecule has 2 heterocycles. The van der Waals surface area contributed by atoms with Crippen LogP contribution in [0.3, 0.4) is 0 Å². The van der Waals surface area contributed by atoms with Crippen LogP contribution in [-0.4, -0.2) is 16.8 Å². The molecule has 0 N–H and O–H groups in total. The Morgan fingerprint density at radius 3 is 1.68 bits per heavy atom. The first-order valence-corrected chi connectivity index (χ1v) is 12.7. The Kier molecular flexibility index (Phi) is 4.16. The second-order valence-electron chi connectivity index (χ2n) is 10.2. The van der Waals surface area contributed by atoms with E-state index in [2.05, 4.69) is 41.4 Å².